The molecule has 1 heterocycles. The average molecular weight is 583 g/mol. The zero-order valence-electron chi connectivity index (χ0n) is 24.9. The summed E-state index contributed by atoms with van der Waals surface area (Å²) in [6, 6.07) is 58.3. The van der Waals surface area contributed by atoms with Crippen LogP contribution in [-0.4, -0.2) is 0 Å². The van der Waals surface area contributed by atoms with E-state index in [-0.39, 0.29) is 5.41 Å². The molecule has 0 saturated heterocycles. The zero-order valence-corrected chi connectivity index (χ0v) is 24.9. The lowest BCUT2D eigenvalue weighted by atomic mass is 9.69. The van der Waals surface area contributed by atoms with Crippen LogP contribution in [0.3, 0.4) is 0 Å². The first-order valence-electron chi connectivity index (χ1n) is 16.0. The molecule has 11 rings (SSSR count). The molecule has 46 heavy (non-hydrogen) atoms. The maximum absolute atomic E-state index is 6.31. The zero-order chi connectivity index (χ0) is 30.0. The Morgan fingerprint density at radius 3 is 1.63 bits per heavy atom. The van der Waals surface area contributed by atoms with Crippen molar-refractivity contribution in [2.75, 3.05) is 0 Å². The number of furan rings is 1. The van der Waals surface area contributed by atoms with E-state index in [0.717, 1.165) is 21.9 Å². The van der Waals surface area contributed by atoms with Crippen LogP contribution in [0.25, 0.3) is 76.9 Å². The normalized spacial score (nSPS) is 13.8. The fourth-order valence-corrected chi connectivity index (χ4v) is 8.75. The third-order valence-corrected chi connectivity index (χ3v) is 10.6. The molecule has 212 valence electrons. The Labute approximate surface area is 266 Å². The summed E-state index contributed by atoms with van der Waals surface area (Å²) in [6.07, 6.45) is 0. The third-order valence-electron chi connectivity index (χ3n) is 10.6. The minimum Gasteiger partial charge on any atom is -0.456 e. The quantitative estimate of drug-likeness (QED) is 0.188. The van der Waals surface area contributed by atoms with Crippen LogP contribution in [0.2, 0.25) is 0 Å². The molecule has 0 amide bonds. The van der Waals surface area contributed by atoms with Gasteiger partial charge in [0.15, 0.2) is 0 Å². The van der Waals surface area contributed by atoms with Crippen molar-refractivity contribution < 1.29 is 4.42 Å². The van der Waals surface area contributed by atoms with E-state index < -0.39 is 0 Å². The molecule has 9 aromatic rings. The van der Waals surface area contributed by atoms with Gasteiger partial charge in [0, 0.05) is 10.8 Å². The molecule has 0 aliphatic heterocycles. The molecule has 8 aromatic carbocycles. The van der Waals surface area contributed by atoms with Crippen LogP contribution >= 0.6 is 0 Å². The summed E-state index contributed by atoms with van der Waals surface area (Å²) >= 11 is 0. The molecule has 0 fully saturated rings. The van der Waals surface area contributed by atoms with Crippen LogP contribution in [0, 0.1) is 0 Å². The van der Waals surface area contributed by atoms with Crippen molar-refractivity contribution >= 4 is 43.5 Å². The minimum atomic E-state index is -0.350. The SMILES string of the molecule is c1ccc2c(c1)-c1ccccc1C21c2ccccc2-c2ccc3cc(-c4ccc5oc6cc7ccccc7cc6c5c4)ccc3c21. The van der Waals surface area contributed by atoms with Crippen molar-refractivity contribution in [2.24, 2.45) is 0 Å². The lowest BCUT2D eigenvalue weighted by Gasteiger charge is -2.31. The highest BCUT2D eigenvalue weighted by Gasteiger charge is 2.52. The fraction of sp³-hybridized carbons (Fsp3) is 0.0222. The summed E-state index contributed by atoms with van der Waals surface area (Å²) in [5, 5.41) is 7.31. The van der Waals surface area contributed by atoms with Gasteiger partial charge < -0.3 is 4.42 Å². The van der Waals surface area contributed by atoms with Crippen LogP contribution in [0.4, 0.5) is 0 Å². The number of benzene rings is 8. The average Bonchev–Trinajstić information content (AvgIpc) is 3.73. The van der Waals surface area contributed by atoms with Gasteiger partial charge in [0.05, 0.1) is 5.41 Å². The van der Waals surface area contributed by atoms with Crippen LogP contribution in [0.5, 0.6) is 0 Å². The second kappa shape index (κ2) is 8.62. The first-order chi connectivity index (χ1) is 22.8. The molecule has 2 aliphatic rings. The summed E-state index contributed by atoms with van der Waals surface area (Å²) < 4.78 is 6.31. The third kappa shape index (κ3) is 2.96. The summed E-state index contributed by atoms with van der Waals surface area (Å²) in [6.45, 7) is 0. The van der Waals surface area contributed by atoms with Gasteiger partial charge in [-0.1, -0.05) is 127 Å². The van der Waals surface area contributed by atoms with Gasteiger partial charge >= 0.3 is 0 Å². The Balaban J connectivity index is 1.16. The number of hydrogen-bond acceptors (Lipinski definition) is 1. The van der Waals surface area contributed by atoms with E-state index in [1.165, 1.54) is 77.2 Å². The summed E-state index contributed by atoms with van der Waals surface area (Å²) in [7, 11) is 0. The summed E-state index contributed by atoms with van der Waals surface area (Å²) in [4.78, 5) is 0. The second-order valence-corrected chi connectivity index (χ2v) is 12.8. The molecule has 0 N–H and O–H groups in total. The molecule has 0 unspecified atom stereocenters. The maximum Gasteiger partial charge on any atom is 0.136 e. The van der Waals surface area contributed by atoms with Crippen molar-refractivity contribution in [1.82, 2.24) is 0 Å². The van der Waals surface area contributed by atoms with Gasteiger partial charge in [-0.3, -0.25) is 0 Å². The van der Waals surface area contributed by atoms with E-state index in [2.05, 4.69) is 158 Å². The number of hydrogen-bond donors (Lipinski definition) is 0. The molecule has 1 aromatic heterocycles. The molecule has 0 atom stereocenters. The fourth-order valence-electron chi connectivity index (χ4n) is 8.75. The van der Waals surface area contributed by atoms with Gasteiger partial charge in [-0.2, -0.15) is 0 Å². The highest BCUT2D eigenvalue weighted by atomic mass is 16.3. The first kappa shape index (κ1) is 24.4. The Kier molecular flexibility index (Phi) is 4.57. The van der Waals surface area contributed by atoms with Gasteiger partial charge in [0.1, 0.15) is 11.2 Å². The van der Waals surface area contributed by atoms with E-state index in [9.17, 15) is 0 Å². The predicted molar refractivity (Wildman–Crippen MR) is 190 cm³/mol. The Morgan fingerprint density at radius 1 is 0.348 bits per heavy atom. The monoisotopic (exact) mass is 582 g/mol. The molecule has 1 spiro atoms. The van der Waals surface area contributed by atoms with Gasteiger partial charge in [0.2, 0.25) is 0 Å². The lowest BCUT2D eigenvalue weighted by Crippen LogP contribution is -2.26. The Hall–Kier alpha value is -5.92. The molecule has 0 radical (unpaired) electrons. The highest BCUT2D eigenvalue weighted by Crippen LogP contribution is 2.64. The summed E-state index contributed by atoms with van der Waals surface area (Å²) in [5.41, 5.74) is 14.8. The number of rotatable bonds is 1. The molecule has 2 aliphatic carbocycles. The smallest absolute Gasteiger partial charge is 0.136 e. The van der Waals surface area contributed by atoms with Crippen LogP contribution in [0.15, 0.2) is 162 Å². The van der Waals surface area contributed by atoms with Crippen molar-refractivity contribution in [3.05, 3.63) is 180 Å². The Morgan fingerprint density at radius 2 is 0.913 bits per heavy atom. The molecular weight excluding hydrogens is 556 g/mol. The second-order valence-electron chi connectivity index (χ2n) is 12.8. The first-order valence-corrected chi connectivity index (χ1v) is 16.0. The van der Waals surface area contributed by atoms with E-state index in [0.29, 0.717) is 0 Å². The largest absolute Gasteiger partial charge is 0.456 e. The van der Waals surface area contributed by atoms with Crippen LogP contribution < -0.4 is 0 Å². The van der Waals surface area contributed by atoms with Crippen molar-refractivity contribution in [3.63, 3.8) is 0 Å². The predicted octanol–water partition coefficient (Wildman–Crippen LogP) is 11.9. The van der Waals surface area contributed by atoms with E-state index in [1.807, 2.05) is 0 Å². The molecule has 0 bridgehead atoms. The van der Waals surface area contributed by atoms with E-state index >= 15 is 0 Å². The van der Waals surface area contributed by atoms with Crippen molar-refractivity contribution in [3.8, 4) is 33.4 Å². The van der Waals surface area contributed by atoms with Crippen LogP contribution in [0.1, 0.15) is 22.3 Å². The van der Waals surface area contributed by atoms with Crippen LogP contribution in [-0.2, 0) is 5.41 Å². The summed E-state index contributed by atoms with van der Waals surface area (Å²) in [5.74, 6) is 0. The Bertz CT molecular complexity index is 2700. The van der Waals surface area contributed by atoms with E-state index in [4.69, 9.17) is 4.42 Å². The topological polar surface area (TPSA) is 13.1 Å². The van der Waals surface area contributed by atoms with Gasteiger partial charge in [-0.15, -0.1) is 0 Å². The lowest BCUT2D eigenvalue weighted by molar-refractivity contribution is 0.669. The standard InChI is InChI=1S/C45H26O/c1-2-10-28-26-43-38(24-27(28)9-1)37-25-30(19-22-42(37)46-43)29-17-20-32-31(23-29)18-21-36-35-13-5-8-16-41(35)45(44(32)36)39-14-6-3-11-33(39)34-12-4-7-15-40(34)45/h1-26H. The molecule has 1 nitrogen and oxygen atoms in total. The molecule has 0 saturated carbocycles. The highest BCUT2D eigenvalue weighted by molar-refractivity contribution is 6.11. The maximum atomic E-state index is 6.31. The molecular formula is C45H26O. The van der Waals surface area contributed by atoms with Crippen molar-refractivity contribution in [1.29, 1.82) is 0 Å². The van der Waals surface area contributed by atoms with Gasteiger partial charge in [-0.05, 0) is 108 Å². The van der Waals surface area contributed by atoms with Crippen molar-refractivity contribution in [2.45, 2.75) is 5.41 Å². The minimum absolute atomic E-state index is 0.350. The van der Waals surface area contributed by atoms with Gasteiger partial charge in [0.25, 0.3) is 0 Å². The van der Waals surface area contributed by atoms with E-state index in [1.54, 1.807) is 0 Å². The number of fused-ring (bicyclic) bond motifs is 16. The van der Waals surface area contributed by atoms with Gasteiger partial charge in [-0.25, -0.2) is 0 Å². The molecule has 1 heteroatoms.